The van der Waals surface area contributed by atoms with E-state index in [1.807, 2.05) is 30.3 Å². The molecule has 3 aliphatic rings. The number of rotatable bonds is 5. The number of fused-ring (bicyclic) bond motifs is 16. The Morgan fingerprint density at radius 3 is 2.56 bits per heavy atom. The van der Waals surface area contributed by atoms with E-state index in [1.165, 1.54) is 20.1 Å². The van der Waals surface area contributed by atoms with Crippen molar-refractivity contribution in [1.82, 2.24) is 35.8 Å². The lowest BCUT2D eigenvalue weighted by Gasteiger charge is -2.32. The van der Waals surface area contributed by atoms with Gasteiger partial charge in [-0.25, -0.2) is 4.68 Å². The Morgan fingerprint density at radius 2 is 1.85 bits per heavy atom. The average Bonchev–Trinajstić information content (AvgIpc) is 3.51. The molecule has 2 aromatic carbocycles. The zero-order valence-electron chi connectivity index (χ0n) is 27.3. The highest BCUT2D eigenvalue weighted by molar-refractivity contribution is 5.99. The summed E-state index contributed by atoms with van der Waals surface area (Å²) in [6, 6.07) is 11.5. The van der Waals surface area contributed by atoms with E-state index in [4.69, 9.17) is 9.47 Å². The highest BCUT2D eigenvalue weighted by Crippen LogP contribution is 2.29. The molecule has 2 aliphatic heterocycles. The van der Waals surface area contributed by atoms with Crippen molar-refractivity contribution in [3.8, 4) is 11.5 Å². The molecule has 4 N–H and O–H groups in total. The highest BCUT2D eigenvalue weighted by atomic mass is 16.5. The van der Waals surface area contributed by atoms with Crippen LogP contribution in [0, 0.1) is 5.92 Å². The van der Waals surface area contributed by atoms with Crippen LogP contribution < -0.4 is 25.4 Å². The average molecular weight is 662 g/mol. The molecule has 14 nitrogen and oxygen atoms in total. The van der Waals surface area contributed by atoms with Gasteiger partial charge in [-0.1, -0.05) is 42.0 Å². The van der Waals surface area contributed by atoms with Gasteiger partial charge >= 0.3 is 0 Å². The van der Waals surface area contributed by atoms with Crippen LogP contribution in [-0.2, 0) is 33.8 Å². The summed E-state index contributed by atoms with van der Waals surface area (Å²) in [5.74, 6) is -1.06. The maximum absolute atomic E-state index is 13.7. The number of nitrogens with one attached hydrogen (secondary N) is 3. The molecule has 0 spiro atoms. The van der Waals surface area contributed by atoms with Crippen molar-refractivity contribution < 1.29 is 33.8 Å². The highest BCUT2D eigenvalue weighted by Gasteiger charge is 2.32. The Kier molecular flexibility index (Phi) is 11.6. The van der Waals surface area contributed by atoms with Gasteiger partial charge in [0.2, 0.25) is 17.7 Å². The molecule has 1 aliphatic carbocycles. The van der Waals surface area contributed by atoms with Crippen LogP contribution in [-0.4, -0.2) is 100 Å². The van der Waals surface area contributed by atoms with Gasteiger partial charge in [-0.15, -0.1) is 5.10 Å². The number of amides is 4. The third-order valence-corrected chi connectivity index (χ3v) is 8.64. The molecule has 14 heteroatoms. The predicted octanol–water partition coefficient (Wildman–Crippen LogP) is 0.873. The third kappa shape index (κ3) is 8.88. The van der Waals surface area contributed by atoms with Gasteiger partial charge in [-0.3, -0.25) is 19.2 Å². The summed E-state index contributed by atoms with van der Waals surface area (Å²) in [7, 11) is 1.46. The SMILES string of the molecule is COc1cc2ccc1OCCn1cc(nn1)CCN(C(=O)C1CCC1)CCNC(=O)[C@H]([C@@H](C)O)NC(=O)[C@@H](Cc1ccccc1)NC2=O. The Balaban J connectivity index is 1.40. The van der Waals surface area contributed by atoms with Crippen molar-refractivity contribution in [2.24, 2.45) is 5.92 Å². The molecular formula is C34H43N7O7. The number of aromatic nitrogens is 3. The minimum absolute atomic E-state index is 0.0292. The number of aliphatic hydroxyl groups excluding tert-OH is 1. The second kappa shape index (κ2) is 16.2. The fraction of sp³-hybridized carbons (Fsp3) is 0.471. The monoisotopic (exact) mass is 661 g/mol. The van der Waals surface area contributed by atoms with Crippen LogP contribution in [0.2, 0.25) is 0 Å². The van der Waals surface area contributed by atoms with Crippen molar-refractivity contribution >= 4 is 23.6 Å². The van der Waals surface area contributed by atoms with Crippen LogP contribution in [0.4, 0.5) is 0 Å². The summed E-state index contributed by atoms with van der Waals surface area (Å²) in [6.45, 7) is 2.80. The number of methoxy groups -OCH3 is 1. The number of hydrogen-bond acceptors (Lipinski definition) is 9. The Labute approximate surface area is 279 Å². The van der Waals surface area contributed by atoms with Gasteiger partial charge in [0.25, 0.3) is 5.91 Å². The number of ether oxygens (including phenoxy) is 2. The molecule has 4 bridgehead atoms. The van der Waals surface area contributed by atoms with Crippen molar-refractivity contribution in [3.63, 3.8) is 0 Å². The number of aliphatic hydroxyl groups is 1. The van der Waals surface area contributed by atoms with Gasteiger partial charge in [-0.2, -0.15) is 0 Å². The van der Waals surface area contributed by atoms with Crippen LogP contribution in [0.3, 0.4) is 0 Å². The van der Waals surface area contributed by atoms with Gasteiger partial charge in [0.05, 0.1) is 25.5 Å². The molecule has 3 heterocycles. The van der Waals surface area contributed by atoms with Crippen LogP contribution >= 0.6 is 0 Å². The first kappa shape index (κ1) is 34.4. The number of hydrogen-bond donors (Lipinski definition) is 4. The van der Waals surface area contributed by atoms with E-state index in [-0.39, 0.29) is 43.5 Å². The summed E-state index contributed by atoms with van der Waals surface area (Å²) in [4.78, 5) is 55.4. The standard InChI is InChI=1S/C34H43N7O7/c1-22(42)30-33(45)35-14-16-40(34(46)24-9-6-10-24)15-13-26-21-41(39-38-26)17-18-48-28-12-11-25(20-29(28)47-2)31(43)36-27(32(44)37-30)19-23-7-4-3-5-8-23/h3-5,7-8,11-12,20-22,24,27,30,42H,6,9-10,13-19H2,1-2H3,(H,35,45)(H,36,43)(H,37,44)/t22-,27-,30+/m1/s1. The summed E-state index contributed by atoms with van der Waals surface area (Å²) >= 11 is 0. The Morgan fingerprint density at radius 1 is 1.06 bits per heavy atom. The number of benzene rings is 2. The molecule has 1 aromatic heterocycles. The summed E-state index contributed by atoms with van der Waals surface area (Å²) in [5, 5.41) is 27.1. The molecule has 48 heavy (non-hydrogen) atoms. The minimum atomic E-state index is -1.31. The topological polar surface area (TPSA) is 177 Å². The molecule has 0 saturated heterocycles. The largest absolute Gasteiger partial charge is 0.493 e. The van der Waals surface area contributed by atoms with Crippen LogP contribution in [0.15, 0.2) is 54.7 Å². The predicted molar refractivity (Wildman–Crippen MR) is 174 cm³/mol. The summed E-state index contributed by atoms with van der Waals surface area (Å²) < 4.78 is 13.1. The van der Waals surface area contributed by atoms with Crippen molar-refractivity contribution in [2.75, 3.05) is 33.4 Å². The lowest BCUT2D eigenvalue weighted by atomic mass is 9.84. The second-order valence-corrected chi connectivity index (χ2v) is 12.1. The Bertz CT molecular complexity index is 1570. The molecular weight excluding hydrogens is 618 g/mol. The zero-order chi connectivity index (χ0) is 34.0. The summed E-state index contributed by atoms with van der Waals surface area (Å²) in [5.41, 5.74) is 1.72. The van der Waals surface area contributed by atoms with E-state index in [0.717, 1.165) is 24.8 Å². The first-order valence-electron chi connectivity index (χ1n) is 16.3. The first-order valence-corrected chi connectivity index (χ1v) is 16.3. The van der Waals surface area contributed by atoms with E-state index in [1.54, 1.807) is 27.9 Å². The van der Waals surface area contributed by atoms with Crippen molar-refractivity contribution in [3.05, 3.63) is 71.5 Å². The van der Waals surface area contributed by atoms with E-state index < -0.39 is 35.9 Å². The third-order valence-electron chi connectivity index (χ3n) is 8.64. The van der Waals surface area contributed by atoms with Gasteiger partial charge in [0.1, 0.15) is 18.7 Å². The molecule has 3 aromatic rings. The van der Waals surface area contributed by atoms with Crippen LogP contribution in [0.5, 0.6) is 11.5 Å². The van der Waals surface area contributed by atoms with Crippen molar-refractivity contribution in [1.29, 1.82) is 0 Å². The van der Waals surface area contributed by atoms with E-state index >= 15 is 0 Å². The summed E-state index contributed by atoms with van der Waals surface area (Å²) in [6.07, 6.45) is 3.84. The van der Waals surface area contributed by atoms with E-state index in [0.29, 0.717) is 36.7 Å². The molecule has 256 valence electrons. The lowest BCUT2D eigenvalue weighted by molar-refractivity contribution is -0.138. The molecule has 4 amide bonds. The zero-order valence-corrected chi connectivity index (χ0v) is 27.3. The molecule has 0 radical (unpaired) electrons. The molecule has 1 fully saturated rings. The van der Waals surface area contributed by atoms with Gasteiger partial charge < -0.3 is 35.4 Å². The van der Waals surface area contributed by atoms with Crippen LogP contribution in [0.25, 0.3) is 0 Å². The van der Waals surface area contributed by atoms with E-state index in [9.17, 15) is 24.3 Å². The first-order chi connectivity index (χ1) is 23.2. The quantitative estimate of drug-likeness (QED) is 0.289. The number of carbonyl (C=O) groups is 4. The van der Waals surface area contributed by atoms with Gasteiger partial charge in [0, 0.05) is 50.2 Å². The molecule has 1 saturated carbocycles. The van der Waals surface area contributed by atoms with Crippen LogP contribution in [0.1, 0.15) is 47.8 Å². The van der Waals surface area contributed by atoms with Gasteiger partial charge in [-0.05, 0) is 43.5 Å². The Hall–Kier alpha value is -4.98. The maximum atomic E-state index is 13.7. The number of carbonyl (C=O) groups excluding carboxylic acids is 4. The maximum Gasteiger partial charge on any atom is 0.252 e. The van der Waals surface area contributed by atoms with Crippen molar-refractivity contribution in [2.45, 2.75) is 63.8 Å². The lowest BCUT2D eigenvalue weighted by Crippen LogP contribution is -2.58. The smallest absolute Gasteiger partial charge is 0.252 e. The fourth-order valence-corrected chi connectivity index (χ4v) is 5.62. The molecule has 3 atom stereocenters. The van der Waals surface area contributed by atoms with Gasteiger partial charge in [0.15, 0.2) is 11.5 Å². The molecule has 6 rings (SSSR count). The fourth-order valence-electron chi connectivity index (χ4n) is 5.62. The van der Waals surface area contributed by atoms with E-state index in [2.05, 4.69) is 26.3 Å². The molecule has 0 unspecified atom stereocenters. The second-order valence-electron chi connectivity index (χ2n) is 12.1. The number of nitrogens with zero attached hydrogens (tertiary/aromatic N) is 4. The normalized spacial score (nSPS) is 20.8. The minimum Gasteiger partial charge on any atom is -0.493 e.